The van der Waals surface area contributed by atoms with E-state index in [1.54, 1.807) is 0 Å². The largest absolute Gasteiger partial charge is 0.392 e. The van der Waals surface area contributed by atoms with Crippen molar-refractivity contribution in [1.82, 2.24) is 0 Å². The lowest BCUT2D eigenvalue weighted by molar-refractivity contribution is 0.180. The van der Waals surface area contributed by atoms with Gasteiger partial charge in [-0.25, -0.2) is 0 Å². The van der Waals surface area contributed by atoms with Gasteiger partial charge in [0.25, 0.3) is 0 Å². The van der Waals surface area contributed by atoms with E-state index in [1.165, 1.54) is 11.1 Å². The van der Waals surface area contributed by atoms with E-state index in [2.05, 4.69) is 24.3 Å². The number of nitrogens with zero attached hydrogens (tertiary/aromatic N) is 1. The normalized spacial score (nSPS) is 11.8. The van der Waals surface area contributed by atoms with Gasteiger partial charge in [0.1, 0.15) is 0 Å². The summed E-state index contributed by atoms with van der Waals surface area (Å²) in [5.41, 5.74) is 4.62. The van der Waals surface area contributed by atoms with Crippen LogP contribution in [0.4, 0.5) is 0 Å². The highest BCUT2D eigenvalue weighted by atomic mass is 16.3. The molecule has 2 rings (SSSR count). The minimum absolute atomic E-state index is 0.180. The maximum absolute atomic E-state index is 9.69. The van der Waals surface area contributed by atoms with Gasteiger partial charge in [0.15, 0.2) is 0 Å². The lowest BCUT2D eigenvalue weighted by Crippen LogP contribution is -2.10. The lowest BCUT2D eigenvalue weighted by Gasteiger charge is -2.11. The molecule has 0 amide bonds. The van der Waals surface area contributed by atoms with E-state index >= 15 is 0 Å². The van der Waals surface area contributed by atoms with Crippen molar-refractivity contribution in [3.8, 4) is 17.2 Å². The van der Waals surface area contributed by atoms with Crippen molar-refractivity contribution in [2.45, 2.75) is 25.9 Å². The van der Waals surface area contributed by atoms with Crippen molar-refractivity contribution >= 4 is 0 Å². The van der Waals surface area contributed by atoms with Gasteiger partial charge in [-0.15, -0.1) is 0 Å². The van der Waals surface area contributed by atoms with E-state index in [-0.39, 0.29) is 6.42 Å². The summed E-state index contributed by atoms with van der Waals surface area (Å²) in [5.74, 6) is 0. The van der Waals surface area contributed by atoms with E-state index in [9.17, 15) is 5.11 Å². The third-order valence-corrected chi connectivity index (χ3v) is 3.23. The second-order valence-corrected chi connectivity index (χ2v) is 4.73. The van der Waals surface area contributed by atoms with E-state index < -0.39 is 6.10 Å². The van der Waals surface area contributed by atoms with Gasteiger partial charge < -0.3 is 5.11 Å². The van der Waals surface area contributed by atoms with Crippen LogP contribution in [0, 0.1) is 18.3 Å². The van der Waals surface area contributed by atoms with E-state index in [4.69, 9.17) is 5.26 Å². The Balaban J connectivity index is 2.21. The standard InChI is InChI=1S/C17H17NO/c1-13-11-16(14-5-3-2-4-6-14)8-7-15(13)12-17(19)9-10-18/h2-8,11,17,19H,9,12H2,1H3/t17-/m0/s1. The summed E-state index contributed by atoms with van der Waals surface area (Å²) >= 11 is 0. The molecule has 19 heavy (non-hydrogen) atoms. The Labute approximate surface area is 114 Å². The zero-order chi connectivity index (χ0) is 13.7. The molecule has 0 saturated heterocycles. The summed E-state index contributed by atoms with van der Waals surface area (Å²) < 4.78 is 0. The van der Waals surface area contributed by atoms with Crippen molar-refractivity contribution in [2.24, 2.45) is 0 Å². The molecule has 0 aromatic heterocycles. The van der Waals surface area contributed by atoms with Crippen molar-refractivity contribution in [1.29, 1.82) is 5.26 Å². The molecule has 0 bridgehead atoms. The molecule has 0 aliphatic heterocycles. The van der Waals surface area contributed by atoms with Gasteiger partial charge in [0.2, 0.25) is 0 Å². The number of benzene rings is 2. The predicted molar refractivity (Wildman–Crippen MR) is 76.6 cm³/mol. The van der Waals surface area contributed by atoms with Crippen LogP contribution in [0.2, 0.25) is 0 Å². The van der Waals surface area contributed by atoms with Gasteiger partial charge in [-0.05, 0) is 35.6 Å². The van der Waals surface area contributed by atoms with Gasteiger partial charge in [-0.2, -0.15) is 5.26 Å². The van der Waals surface area contributed by atoms with E-state index in [1.807, 2.05) is 37.3 Å². The van der Waals surface area contributed by atoms with E-state index in [0.29, 0.717) is 6.42 Å². The zero-order valence-electron chi connectivity index (χ0n) is 11.0. The van der Waals surface area contributed by atoms with Crippen LogP contribution in [0.25, 0.3) is 11.1 Å². The van der Waals surface area contributed by atoms with Crippen LogP contribution < -0.4 is 0 Å². The quantitative estimate of drug-likeness (QED) is 0.904. The molecule has 2 aromatic carbocycles. The van der Waals surface area contributed by atoms with Crippen LogP contribution in [0.3, 0.4) is 0 Å². The summed E-state index contributed by atoms with van der Waals surface area (Å²) in [6, 6.07) is 18.4. The highest BCUT2D eigenvalue weighted by molar-refractivity contribution is 5.64. The fraction of sp³-hybridized carbons (Fsp3) is 0.235. The number of rotatable bonds is 4. The van der Waals surface area contributed by atoms with Crippen LogP contribution in [0.15, 0.2) is 48.5 Å². The molecular weight excluding hydrogens is 234 g/mol. The molecular formula is C17H17NO. The topological polar surface area (TPSA) is 44.0 Å². The highest BCUT2D eigenvalue weighted by Gasteiger charge is 2.08. The average molecular weight is 251 g/mol. The molecule has 0 radical (unpaired) electrons. The summed E-state index contributed by atoms with van der Waals surface area (Å²) in [6.07, 6.45) is 0.139. The minimum atomic E-state index is -0.578. The third kappa shape index (κ3) is 3.43. The molecule has 2 aromatic rings. The summed E-state index contributed by atoms with van der Waals surface area (Å²) in [5, 5.41) is 18.3. The Morgan fingerprint density at radius 2 is 1.84 bits per heavy atom. The first-order chi connectivity index (χ1) is 9.20. The molecule has 2 nitrogen and oxygen atoms in total. The maximum Gasteiger partial charge on any atom is 0.0710 e. The molecule has 0 heterocycles. The molecule has 0 saturated carbocycles. The zero-order valence-corrected chi connectivity index (χ0v) is 11.0. The third-order valence-electron chi connectivity index (χ3n) is 3.23. The number of aliphatic hydroxyl groups excluding tert-OH is 1. The molecule has 0 spiro atoms. The predicted octanol–water partition coefficient (Wildman–Crippen LogP) is 3.48. The monoisotopic (exact) mass is 251 g/mol. The van der Waals surface area contributed by atoms with Crippen molar-refractivity contribution in [3.63, 3.8) is 0 Å². The number of aryl methyl sites for hydroxylation is 1. The summed E-state index contributed by atoms with van der Waals surface area (Å²) in [6.45, 7) is 2.04. The molecule has 0 fully saturated rings. The van der Waals surface area contributed by atoms with Gasteiger partial charge in [-0.3, -0.25) is 0 Å². The summed E-state index contributed by atoms with van der Waals surface area (Å²) in [4.78, 5) is 0. The van der Waals surface area contributed by atoms with Crippen LogP contribution in [0.5, 0.6) is 0 Å². The smallest absolute Gasteiger partial charge is 0.0710 e. The van der Waals surface area contributed by atoms with Crippen molar-refractivity contribution in [2.75, 3.05) is 0 Å². The van der Waals surface area contributed by atoms with E-state index in [0.717, 1.165) is 11.1 Å². The fourth-order valence-electron chi connectivity index (χ4n) is 2.17. The Bertz CT molecular complexity index is 584. The molecule has 0 aliphatic carbocycles. The first kappa shape index (κ1) is 13.3. The lowest BCUT2D eigenvalue weighted by atomic mass is 9.96. The maximum atomic E-state index is 9.69. The number of hydrogen-bond acceptors (Lipinski definition) is 2. The molecule has 0 unspecified atom stereocenters. The SMILES string of the molecule is Cc1cc(-c2ccccc2)ccc1C[C@@H](O)CC#N. The van der Waals surface area contributed by atoms with Gasteiger partial charge in [0.05, 0.1) is 18.6 Å². The van der Waals surface area contributed by atoms with Crippen molar-refractivity contribution < 1.29 is 5.11 Å². The van der Waals surface area contributed by atoms with Gasteiger partial charge >= 0.3 is 0 Å². The fourth-order valence-corrected chi connectivity index (χ4v) is 2.17. The Kier molecular flexibility index (Phi) is 4.33. The number of nitriles is 1. The molecule has 1 N–H and O–H groups in total. The average Bonchev–Trinajstić information content (AvgIpc) is 2.42. The van der Waals surface area contributed by atoms with Crippen LogP contribution in [-0.4, -0.2) is 11.2 Å². The number of hydrogen-bond donors (Lipinski definition) is 1. The number of aliphatic hydroxyl groups is 1. The Hall–Kier alpha value is -2.11. The molecule has 96 valence electrons. The second-order valence-electron chi connectivity index (χ2n) is 4.73. The van der Waals surface area contributed by atoms with Crippen LogP contribution in [0.1, 0.15) is 17.5 Å². The van der Waals surface area contributed by atoms with Gasteiger partial charge in [0, 0.05) is 0 Å². The summed E-state index contributed by atoms with van der Waals surface area (Å²) in [7, 11) is 0. The van der Waals surface area contributed by atoms with Crippen LogP contribution >= 0.6 is 0 Å². The molecule has 2 heteroatoms. The molecule has 1 atom stereocenters. The van der Waals surface area contributed by atoms with Gasteiger partial charge in [-0.1, -0.05) is 48.5 Å². The molecule has 0 aliphatic rings. The Morgan fingerprint density at radius 3 is 2.47 bits per heavy atom. The first-order valence-corrected chi connectivity index (χ1v) is 6.40. The Morgan fingerprint density at radius 1 is 1.11 bits per heavy atom. The van der Waals surface area contributed by atoms with Crippen molar-refractivity contribution in [3.05, 3.63) is 59.7 Å². The minimum Gasteiger partial charge on any atom is -0.392 e. The highest BCUT2D eigenvalue weighted by Crippen LogP contribution is 2.23. The first-order valence-electron chi connectivity index (χ1n) is 6.40. The second kappa shape index (κ2) is 6.17. The van der Waals surface area contributed by atoms with Crippen LogP contribution in [-0.2, 0) is 6.42 Å².